The molecular weight excluding hydrogens is 746 g/mol. The minimum Gasteiger partial charge on any atom is -0.465 e. The van der Waals surface area contributed by atoms with Gasteiger partial charge in [0.05, 0.1) is 22.6 Å². The molecule has 1 fully saturated rings. The molecule has 2 heterocycles. The van der Waals surface area contributed by atoms with Gasteiger partial charge in [-0.2, -0.15) is 5.26 Å². The number of fused-ring (bicyclic) bond motifs is 1. The number of nitrogens with one attached hydrogen (secondary N) is 1. The number of rotatable bonds is 11. The highest BCUT2D eigenvalue weighted by molar-refractivity contribution is 6.30. The number of halogens is 1. The van der Waals surface area contributed by atoms with Crippen molar-refractivity contribution < 1.29 is 29.0 Å². The zero-order valence-electron chi connectivity index (χ0n) is 33.5. The van der Waals surface area contributed by atoms with Crippen molar-refractivity contribution >= 4 is 52.6 Å². The second kappa shape index (κ2) is 17.5. The third-order valence-corrected chi connectivity index (χ3v) is 10.9. The van der Waals surface area contributed by atoms with Gasteiger partial charge < -0.3 is 29.1 Å². The molecule has 0 spiro atoms. The fraction of sp³-hybridized carbons (Fsp3) is 0.395. The fourth-order valence-corrected chi connectivity index (χ4v) is 6.79. The fourth-order valence-electron chi connectivity index (χ4n) is 6.66. The van der Waals surface area contributed by atoms with E-state index in [1.165, 1.54) is 13.1 Å². The number of benzene rings is 3. The normalized spacial score (nSPS) is 15.4. The van der Waals surface area contributed by atoms with Crippen molar-refractivity contribution in [2.75, 3.05) is 25.5 Å². The number of carboxylic acid groups (broad SMARTS) is 1. The zero-order chi connectivity index (χ0) is 41.7. The van der Waals surface area contributed by atoms with E-state index in [0.717, 1.165) is 16.0 Å². The predicted molar refractivity (Wildman–Crippen MR) is 219 cm³/mol. The topological polar surface area (TPSA) is 161 Å². The van der Waals surface area contributed by atoms with Gasteiger partial charge in [-0.15, -0.1) is 0 Å². The Morgan fingerprint density at radius 2 is 1.74 bits per heavy atom. The van der Waals surface area contributed by atoms with Gasteiger partial charge in [0.15, 0.2) is 0 Å². The molecule has 1 aliphatic rings. The van der Waals surface area contributed by atoms with Crippen LogP contribution in [-0.4, -0.2) is 85.1 Å². The number of nitrogens with zero attached hydrogens (tertiary/aromatic N) is 6. The molecule has 2 atom stereocenters. The molecule has 1 saturated heterocycles. The van der Waals surface area contributed by atoms with Crippen molar-refractivity contribution in [3.05, 3.63) is 106 Å². The number of nitriles is 1. The molecule has 13 nitrogen and oxygen atoms in total. The van der Waals surface area contributed by atoms with Crippen LogP contribution < -0.4 is 5.32 Å². The van der Waals surface area contributed by atoms with Crippen LogP contribution in [0.2, 0.25) is 5.02 Å². The molecule has 0 aliphatic carbocycles. The summed E-state index contributed by atoms with van der Waals surface area (Å²) in [5.41, 5.74) is 1.77. The number of hydrogen-bond donors (Lipinski definition) is 2. The van der Waals surface area contributed by atoms with Crippen molar-refractivity contribution in [3.8, 4) is 6.07 Å². The number of likely N-dealkylation sites (N-methyl/N-ethyl adjacent to an activating group) is 1. The molecule has 1 unspecified atom stereocenters. The molecule has 14 heteroatoms. The number of imidazole rings is 1. The molecule has 3 aromatic carbocycles. The lowest BCUT2D eigenvalue weighted by molar-refractivity contribution is -0.128. The van der Waals surface area contributed by atoms with Gasteiger partial charge in [0.2, 0.25) is 5.95 Å². The van der Waals surface area contributed by atoms with Crippen LogP contribution in [0.4, 0.5) is 15.5 Å². The van der Waals surface area contributed by atoms with Crippen molar-refractivity contribution in [1.29, 1.82) is 5.26 Å². The average molecular weight is 796 g/mol. The Morgan fingerprint density at radius 3 is 2.37 bits per heavy atom. The monoisotopic (exact) mass is 795 g/mol. The lowest BCUT2D eigenvalue weighted by Gasteiger charge is -2.37. The summed E-state index contributed by atoms with van der Waals surface area (Å²) in [6.07, 6.45) is 0.977. The molecule has 2 N–H and O–H groups in total. The van der Waals surface area contributed by atoms with E-state index in [9.17, 15) is 29.5 Å². The SMILES string of the molecule is C[C@H](N(Cc1ccc2c(c1)nc(NC(=O)c1ccc(Cl)cc1)n2C1CCCN(C(=O)C(C#N)=CC(C)(C)N(C)C(=O)O)C1)C(=O)OCc1ccccc1)C(C)(C)C. The highest BCUT2D eigenvalue weighted by Crippen LogP contribution is 2.33. The number of carbonyl (C=O) groups is 4. The minimum absolute atomic E-state index is 0.136. The Bertz CT molecular complexity index is 2190. The maximum Gasteiger partial charge on any atom is 0.410 e. The second-order valence-corrected chi connectivity index (χ2v) is 16.4. The van der Waals surface area contributed by atoms with Gasteiger partial charge in [0, 0.05) is 43.3 Å². The first-order chi connectivity index (χ1) is 26.9. The first-order valence-corrected chi connectivity index (χ1v) is 19.2. The van der Waals surface area contributed by atoms with Gasteiger partial charge in [-0.05, 0) is 92.6 Å². The molecule has 1 aliphatic heterocycles. The van der Waals surface area contributed by atoms with E-state index in [1.54, 1.807) is 47.9 Å². The maximum absolute atomic E-state index is 13.8. The molecule has 4 aromatic rings. The molecule has 0 radical (unpaired) electrons. The third-order valence-electron chi connectivity index (χ3n) is 10.6. The van der Waals surface area contributed by atoms with Crippen LogP contribution in [0, 0.1) is 16.7 Å². The van der Waals surface area contributed by atoms with Gasteiger partial charge >= 0.3 is 12.2 Å². The quantitative estimate of drug-likeness (QED) is 0.113. The average Bonchev–Trinajstić information content (AvgIpc) is 3.54. The number of amides is 4. The van der Waals surface area contributed by atoms with Gasteiger partial charge in [-0.3, -0.25) is 14.9 Å². The lowest BCUT2D eigenvalue weighted by atomic mass is 9.87. The highest BCUT2D eigenvalue weighted by Gasteiger charge is 2.34. The van der Waals surface area contributed by atoms with E-state index in [-0.39, 0.29) is 48.7 Å². The van der Waals surface area contributed by atoms with Crippen LogP contribution in [0.3, 0.4) is 0 Å². The summed E-state index contributed by atoms with van der Waals surface area (Å²) in [4.78, 5) is 62.0. The third kappa shape index (κ3) is 10.1. The second-order valence-electron chi connectivity index (χ2n) is 16.0. The molecule has 57 heavy (non-hydrogen) atoms. The summed E-state index contributed by atoms with van der Waals surface area (Å²) >= 11 is 6.09. The van der Waals surface area contributed by atoms with Gasteiger partial charge in [0.25, 0.3) is 11.8 Å². The van der Waals surface area contributed by atoms with Crippen LogP contribution in [-0.2, 0) is 22.7 Å². The summed E-state index contributed by atoms with van der Waals surface area (Å²) in [6.45, 7) is 12.4. The molecule has 0 bridgehead atoms. The van der Waals surface area contributed by atoms with E-state index >= 15 is 0 Å². The van der Waals surface area contributed by atoms with Crippen LogP contribution in [0.25, 0.3) is 11.0 Å². The number of piperidine rings is 1. The number of hydrogen-bond acceptors (Lipinski definition) is 7. The molecule has 300 valence electrons. The first-order valence-electron chi connectivity index (χ1n) is 18.8. The standard InChI is InChI=1S/C43H50ClN7O6/c1-28(42(2,3)4)50(41(56)57-27-29-12-9-8-10-13-29)25-30-15-20-36-35(22-30)46-39(47-37(52)31-16-18-33(44)19-17-31)51(36)34-14-11-21-49(26-34)38(53)32(24-45)23-43(5,6)48(7)40(54)55/h8-10,12-13,15-20,22-23,28,34H,11,14,21,25-27H2,1-7H3,(H,54,55)(H,46,47,52)/t28-,34?/m0/s1. The van der Waals surface area contributed by atoms with Gasteiger partial charge in [-0.1, -0.05) is 68.8 Å². The largest absolute Gasteiger partial charge is 0.465 e. The summed E-state index contributed by atoms with van der Waals surface area (Å²) < 4.78 is 7.70. The Balaban J connectivity index is 1.49. The zero-order valence-corrected chi connectivity index (χ0v) is 34.2. The van der Waals surface area contributed by atoms with Crippen molar-refractivity contribution in [1.82, 2.24) is 24.3 Å². The number of ether oxygens (including phenoxy) is 1. The van der Waals surface area contributed by atoms with Crippen LogP contribution in [0.5, 0.6) is 0 Å². The van der Waals surface area contributed by atoms with Gasteiger partial charge in [-0.25, -0.2) is 14.6 Å². The van der Waals surface area contributed by atoms with Crippen LogP contribution in [0.1, 0.15) is 81.9 Å². The van der Waals surface area contributed by atoms with Crippen LogP contribution in [0.15, 0.2) is 84.4 Å². The Hall–Kier alpha value is -5.87. The minimum atomic E-state index is -1.19. The highest BCUT2D eigenvalue weighted by atomic mass is 35.5. The van der Waals surface area contributed by atoms with Crippen LogP contribution >= 0.6 is 11.6 Å². The number of likely N-dealkylation sites (tertiary alicyclic amines) is 1. The molecule has 4 amide bonds. The summed E-state index contributed by atoms with van der Waals surface area (Å²) in [5.74, 6) is -0.651. The number of carbonyl (C=O) groups excluding carboxylic acids is 3. The molecular formula is C43H50ClN7O6. The predicted octanol–water partition coefficient (Wildman–Crippen LogP) is 8.52. The Morgan fingerprint density at radius 1 is 1.05 bits per heavy atom. The van der Waals surface area contributed by atoms with E-state index in [1.807, 2.05) is 66.1 Å². The van der Waals surface area contributed by atoms with Crippen molar-refractivity contribution in [3.63, 3.8) is 0 Å². The summed E-state index contributed by atoms with van der Waals surface area (Å²) in [5, 5.41) is 23.0. The summed E-state index contributed by atoms with van der Waals surface area (Å²) in [7, 11) is 1.38. The van der Waals surface area contributed by atoms with E-state index in [0.29, 0.717) is 41.0 Å². The smallest absolute Gasteiger partial charge is 0.410 e. The molecule has 5 rings (SSSR count). The lowest BCUT2D eigenvalue weighted by Crippen LogP contribution is -2.45. The summed E-state index contributed by atoms with van der Waals surface area (Å²) in [6, 6.07) is 23.1. The van der Waals surface area contributed by atoms with E-state index in [4.69, 9.17) is 21.3 Å². The maximum atomic E-state index is 13.8. The number of anilines is 1. The Labute approximate surface area is 338 Å². The molecule has 0 saturated carbocycles. The first kappa shape index (κ1) is 42.3. The van der Waals surface area contributed by atoms with Crippen molar-refractivity contribution in [2.24, 2.45) is 5.41 Å². The molecule has 1 aromatic heterocycles. The number of aromatic nitrogens is 2. The van der Waals surface area contributed by atoms with Gasteiger partial charge in [0.1, 0.15) is 18.2 Å². The Kier molecular flexibility index (Phi) is 13.0. The van der Waals surface area contributed by atoms with E-state index < -0.39 is 29.5 Å². The van der Waals surface area contributed by atoms with Crippen molar-refractivity contribution in [2.45, 2.75) is 85.2 Å². The van der Waals surface area contributed by atoms with E-state index in [2.05, 4.69) is 26.1 Å².